The van der Waals surface area contributed by atoms with E-state index in [1.54, 1.807) is 6.07 Å². The van der Waals surface area contributed by atoms with Gasteiger partial charge in [0.05, 0.1) is 6.10 Å². The van der Waals surface area contributed by atoms with Gasteiger partial charge in [0.1, 0.15) is 5.82 Å². The number of aliphatic hydroxyl groups is 1. The lowest BCUT2D eigenvalue weighted by Crippen LogP contribution is -2.25. The fraction of sp³-hybridized carbons (Fsp3) is 0.500. The average molecular weight is 228 g/mol. The first-order chi connectivity index (χ1) is 7.06. The third-order valence-electron chi connectivity index (χ3n) is 2.84. The van der Waals surface area contributed by atoms with Crippen molar-refractivity contribution in [2.24, 2.45) is 5.92 Å². The van der Waals surface area contributed by atoms with Crippen molar-refractivity contribution in [1.82, 2.24) is 0 Å². The summed E-state index contributed by atoms with van der Waals surface area (Å²) in [5.41, 5.74) is 0.854. The minimum absolute atomic E-state index is 0.0313. The van der Waals surface area contributed by atoms with Crippen LogP contribution in [0.5, 0.6) is 0 Å². The van der Waals surface area contributed by atoms with E-state index in [-0.39, 0.29) is 17.7 Å². The van der Waals surface area contributed by atoms with Gasteiger partial charge >= 0.3 is 0 Å². The summed E-state index contributed by atoms with van der Waals surface area (Å²) in [5.74, 6) is -0.0745. The zero-order valence-corrected chi connectivity index (χ0v) is 10.3. The largest absolute Gasteiger partial charge is 0.392 e. The Kier molecular flexibility index (Phi) is 4.69. The molecule has 84 valence electrons. The molecule has 0 radical (unpaired) electrons. The first kappa shape index (κ1) is 12.6. The van der Waals surface area contributed by atoms with E-state index >= 15 is 0 Å². The standard InChI is InChI=1S/C12H18FOP/c1-8(7-15)12(14)9(2)10-4-3-5-11(13)6-10/h3-6,8-9,12,14H,7,15H2,1-2H3/t8-,9-,12+/m1/s1. The van der Waals surface area contributed by atoms with Crippen molar-refractivity contribution in [2.75, 3.05) is 6.16 Å². The van der Waals surface area contributed by atoms with Gasteiger partial charge in [-0.15, -0.1) is 9.24 Å². The van der Waals surface area contributed by atoms with Gasteiger partial charge in [-0.2, -0.15) is 0 Å². The van der Waals surface area contributed by atoms with Crippen LogP contribution in [0.2, 0.25) is 0 Å². The number of benzene rings is 1. The molecule has 0 bridgehead atoms. The zero-order chi connectivity index (χ0) is 11.4. The molecule has 0 heterocycles. The number of hydrogen-bond donors (Lipinski definition) is 1. The second-order valence-electron chi connectivity index (χ2n) is 4.05. The van der Waals surface area contributed by atoms with Crippen LogP contribution in [-0.2, 0) is 0 Å². The fourth-order valence-electron chi connectivity index (χ4n) is 1.62. The summed E-state index contributed by atoms with van der Waals surface area (Å²) < 4.78 is 13.0. The van der Waals surface area contributed by atoms with Crippen LogP contribution >= 0.6 is 9.24 Å². The van der Waals surface area contributed by atoms with Gasteiger partial charge in [0.2, 0.25) is 0 Å². The lowest BCUT2D eigenvalue weighted by molar-refractivity contribution is 0.104. The van der Waals surface area contributed by atoms with Gasteiger partial charge in [-0.1, -0.05) is 26.0 Å². The van der Waals surface area contributed by atoms with Crippen LogP contribution in [0.25, 0.3) is 0 Å². The molecule has 15 heavy (non-hydrogen) atoms. The molecule has 1 aromatic rings. The van der Waals surface area contributed by atoms with E-state index in [1.807, 2.05) is 19.9 Å². The number of rotatable bonds is 4. The van der Waals surface area contributed by atoms with E-state index in [2.05, 4.69) is 9.24 Å². The molecular formula is C12H18FOP. The minimum Gasteiger partial charge on any atom is -0.392 e. The van der Waals surface area contributed by atoms with E-state index < -0.39 is 6.10 Å². The van der Waals surface area contributed by atoms with Crippen molar-refractivity contribution in [3.05, 3.63) is 35.6 Å². The number of aliphatic hydroxyl groups excluding tert-OH is 1. The van der Waals surface area contributed by atoms with Crippen LogP contribution in [0.4, 0.5) is 4.39 Å². The van der Waals surface area contributed by atoms with Crippen molar-refractivity contribution in [3.63, 3.8) is 0 Å². The predicted molar refractivity (Wildman–Crippen MR) is 64.6 cm³/mol. The SMILES string of the molecule is C[C@H](CP)[C@H](O)[C@H](C)c1cccc(F)c1. The molecule has 0 saturated carbocycles. The Morgan fingerprint density at radius 3 is 2.60 bits per heavy atom. The maximum absolute atomic E-state index is 13.0. The summed E-state index contributed by atoms with van der Waals surface area (Å²) in [4.78, 5) is 0. The average Bonchev–Trinajstić information content (AvgIpc) is 2.26. The molecule has 1 unspecified atom stereocenters. The number of halogens is 1. The highest BCUT2D eigenvalue weighted by Crippen LogP contribution is 2.25. The molecule has 3 heteroatoms. The van der Waals surface area contributed by atoms with Crippen LogP contribution in [0, 0.1) is 11.7 Å². The summed E-state index contributed by atoms with van der Waals surface area (Å²) in [5, 5.41) is 9.99. The molecule has 1 N–H and O–H groups in total. The van der Waals surface area contributed by atoms with E-state index in [4.69, 9.17) is 0 Å². The Morgan fingerprint density at radius 1 is 1.40 bits per heavy atom. The lowest BCUT2D eigenvalue weighted by atomic mass is 9.89. The van der Waals surface area contributed by atoms with Gasteiger partial charge in [-0.25, -0.2) is 4.39 Å². The lowest BCUT2D eigenvalue weighted by Gasteiger charge is -2.24. The zero-order valence-electron chi connectivity index (χ0n) is 9.15. The Hall–Kier alpha value is -0.460. The van der Waals surface area contributed by atoms with E-state index in [0.29, 0.717) is 0 Å². The molecule has 1 aromatic carbocycles. The Bertz CT molecular complexity index is 316. The maximum Gasteiger partial charge on any atom is 0.123 e. The van der Waals surface area contributed by atoms with Gasteiger partial charge < -0.3 is 5.11 Å². The van der Waals surface area contributed by atoms with E-state index in [1.165, 1.54) is 12.1 Å². The van der Waals surface area contributed by atoms with Gasteiger partial charge in [0.25, 0.3) is 0 Å². The molecule has 0 spiro atoms. The summed E-state index contributed by atoms with van der Waals surface area (Å²) in [6.07, 6.45) is 0.421. The van der Waals surface area contributed by atoms with E-state index in [9.17, 15) is 9.50 Å². The highest BCUT2D eigenvalue weighted by atomic mass is 31.0. The molecule has 0 aliphatic carbocycles. The quantitative estimate of drug-likeness (QED) is 0.786. The smallest absolute Gasteiger partial charge is 0.123 e. The maximum atomic E-state index is 13.0. The van der Waals surface area contributed by atoms with Crippen molar-refractivity contribution in [2.45, 2.75) is 25.9 Å². The Labute approximate surface area is 92.9 Å². The van der Waals surface area contributed by atoms with Gasteiger partial charge in [-0.05, 0) is 29.8 Å². The molecule has 1 rings (SSSR count). The second-order valence-corrected chi connectivity index (χ2v) is 4.52. The molecular weight excluding hydrogens is 210 g/mol. The molecule has 4 atom stereocenters. The fourth-order valence-corrected chi connectivity index (χ4v) is 1.90. The summed E-state index contributed by atoms with van der Waals surface area (Å²) in [6, 6.07) is 6.44. The number of hydrogen-bond acceptors (Lipinski definition) is 1. The third kappa shape index (κ3) is 3.25. The molecule has 0 saturated heterocycles. The first-order valence-electron chi connectivity index (χ1n) is 5.20. The Balaban J connectivity index is 2.80. The topological polar surface area (TPSA) is 20.2 Å². The van der Waals surface area contributed by atoms with Crippen molar-refractivity contribution in [3.8, 4) is 0 Å². The van der Waals surface area contributed by atoms with Crippen LogP contribution in [0.15, 0.2) is 24.3 Å². The molecule has 0 aliphatic rings. The first-order valence-corrected chi connectivity index (χ1v) is 6.01. The van der Waals surface area contributed by atoms with E-state index in [0.717, 1.165) is 11.7 Å². The highest BCUT2D eigenvalue weighted by molar-refractivity contribution is 7.16. The van der Waals surface area contributed by atoms with Crippen molar-refractivity contribution in [1.29, 1.82) is 0 Å². The molecule has 1 nitrogen and oxygen atoms in total. The van der Waals surface area contributed by atoms with Gasteiger partial charge in [-0.3, -0.25) is 0 Å². The second kappa shape index (κ2) is 5.58. The van der Waals surface area contributed by atoms with Gasteiger partial charge in [0.15, 0.2) is 0 Å². The molecule has 0 aromatic heterocycles. The minimum atomic E-state index is -0.427. The summed E-state index contributed by atoms with van der Waals surface area (Å²) >= 11 is 0. The van der Waals surface area contributed by atoms with Crippen molar-refractivity contribution < 1.29 is 9.50 Å². The predicted octanol–water partition coefficient (Wildman–Crippen LogP) is 2.80. The monoisotopic (exact) mass is 228 g/mol. The van der Waals surface area contributed by atoms with Crippen LogP contribution in [-0.4, -0.2) is 17.4 Å². The third-order valence-corrected chi connectivity index (χ3v) is 3.59. The Morgan fingerprint density at radius 2 is 2.07 bits per heavy atom. The van der Waals surface area contributed by atoms with Crippen LogP contribution in [0.1, 0.15) is 25.3 Å². The normalized spacial score (nSPS) is 17.1. The molecule has 0 aliphatic heterocycles. The summed E-state index contributed by atoms with van der Waals surface area (Å²) in [7, 11) is 2.62. The molecule has 0 fully saturated rings. The molecule has 0 amide bonds. The van der Waals surface area contributed by atoms with Crippen LogP contribution in [0.3, 0.4) is 0 Å². The van der Waals surface area contributed by atoms with Gasteiger partial charge in [0, 0.05) is 5.92 Å². The van der Waals surface area contributed by atoms with Crippen LogP contribution < -0.4 is 0 Å². The summed E-state index contributed by atoms with van der Waals surface area (Å²) in [6.45, 7) is 3.92. The van der Waals surface area contributed by atoms with Crippen molar-refractivity contribution >= 4 is 9.24 Å². The highest BCUT2D eigenvalue weighted by Gasteiger charge is 2.21.